The van der Waals surface area contributed by atoms with Gasteiger partial charge in [-0.3, -0.25) is 4.79 Å². The molecule has 5 saturated carbocycles. The fourth-order valence-electron chi connectivity index (χ4n) is 12.0. The van der Waals surface area contributed by atoms with Gasteiger partial charge >= 0.3 is 0 Å². The SMILES string of the molecule is C=C(C)C1CCC2(C(=O)[O-])CCC3(C)C(CCC4C5(C)CC(=Cc6ccco6)C(=O)C(C)(C)C5CCC43C)C12. The van der Waals surface area contributed by atoms with Gasteiger partial charge < -0.3 is 14.3 Å². The summed E-state index contributed by atoms with van der Waals surface area (Å²) in [5.74, 6) is 1.80. The predicted octanol–water partition coefficient (Wildman–Crippen LogP) is 7.25. The lowest BCUT2D eigenvalue weighted by atomic mass is 9.32. The lowest BCUT2D eigenvalue weighted by molar-refractivity contribution is -0.329. The van der Waals surface area contributed by atoms with Crippen molar-refractivity contribution < 1.29 is 19.1 Å². The lowest BCUT2D eigenvalue weighted by Crippen LogP contribution is -2.67. The van der Waals surface area contributed by atoms with Crippen LogP contribution >= 0.6 is 0 Å². The fraction of sp³-hybridized carbons (Fsp3) is 0.714. The first kappa shape index (κ1) is 27.1. The minimum atomic E-state index is -0.818. The number of fused-ring (bicyclic) bond motifs is 7. The van der Waals surface area contributed by atoms with Gasteiger partial charge in [0.2, 0.25) is 0 Å². The standard InChI is InChI=1S/C35H48O4/c1-21(2)24-12-15-35(30(37)38)17-16-33(6)25(28(24)35)10-11-27-32(5)20-22(19-23-9-8-18-39-23)29(36)31(3,4)26(32)13-14-34(27,33)7/h8-9,18-19,24-28H,1,10-17,20H2,2-7H3,(H,37,38)/p-1. The molecule has 4 nitrogen and oxygen atoms in total. The van der Waals surface area contributed by atoms with Crippen molar-refractivity contribution in [2.45, 2.75) is 99.3 Å². The second-order valence-corrected chi connectivity index (χ2v) is 15.5. The highest BCUT2D eigenvalue weighted by Crippen LogP contribution is 2.77. The third-order valence-corrected chi connectivity index (χ3v) is 13.9. The monoisotopic (exact) mass is 531 g/mol. The van der Waals surface area contributed by atoms with Crippen molar-refractivity contribution in [1.82, 2.24) is 0 Å². The third kappa shape index (κ3) is 3.35. The van der Waals surface area contributed by atoms with Gasteiger partial charge in [-0.1, -0.05) is 46.8 Å². The maximum absolute atomic E-state index is 13.8. The lowest BCUT2D eigenvalue weighted by Gasteiger charge is -2.72. The zero-order valence-corrected chi connectivity index (χ0v) is 24.9. The maximum atomic E-state index is 13.8. The number of hydrogen-bond donors (Lipinski definition) is 0. The maximum Gasteiger partial charge on any atom is 0.164 e. The molecule has 4 heteroatoms. The van der Waals surface area contributed by atoms with E-state index in [2.05, 4.69) is 48.1 Å². The molecule has 39 heavy (non-hydrogen) atoms. The molecule has 1 heterocycles. The van der Waals surface area contributed by atoms with Crippen LogP contribution in [0.3, 0.4) is 0 Å². The van der Waals surface area contributed by atoms with E-state index in [4.69, 9.17) is 4.42 Å². The molecule has 0 aliphatic heterocycles. The van der Waals surface area contributed by atoms with Gasteiger partial charge in [-0.2, -0.15) is 0 Å². The van der Waals surface area contributed by atoms with Crippen molar-refractivity contribution in [2.24, 2.45) is 56.7 Å². The average Bonchev–Trinajstić information content (AvgIpc) is 3.51. The molecule has 0 amide bonds. The van der Waals surface area contributed by atoms with Crippen molar-refractivity contribution in [3.8, 4) is 0 Å². The van der Waals surface area contributed by atoms with Crippen LogP contribution in [0.4, 0.5) is 0 Å². The smallest absolute Gasteiger partial charge is 0.164 e. The summed E-state index contributed by atoms with van der Waals surface area (Å²) in [6.07, 6.45) is 12.1. The average molecular weight is 532 g/mol. The first-order valence-electron chi connectivity index (χ1n) is 15.4. The Balaban J connectivity index is 1.42. The summed E-state index contributed by atoms with van der Waals surface area (Å²) in [6.45, 7) is 18.3. The fourth-order valence-corrected chi connectivity index (χ4v) is 12.0. The van der Waals surface area contributed by atoms with E-state index < -0.39 is 16.8 Å². The molecule has 0 N–H and O–H groups in total. The summed E-state index contributed by atoms with van der Waals surface area (Å²) in [5.41, 5.74) is 1.09. The van der Waals surface area contributed by atoms with Crippen LogP contribution in [0.2, 0.25) is 0 Å². The van der Waals surface area contributed by atoms with Crippen molar-refractivity contribution in [2.75, 3.05) is 0 Å². The van der Waals surface area contributed by atoms with Crippen molar-refractivity contribution in [3.63, 3.8) is 0 Å². The number of rotatable bonds is 3. The molecule has 1 aromatic heterocycles. The number of hydrogen-bond acceptors (Lipinski definition) is 4. The van der Waals surface area contributed by atoms with Gasteiger partial charge in [-0.15, -0.1) is 0 Å². The Labute approximate surface area is 234 Å². The van der Waals surface area contributed by atoms with Crippen LogP contribution in [0.25, 0.3) is 6.08 Å². The van der Waals surface area contributed by atoms with E-state index in [1.165, 1.54) is 0 Å². The first-order chi connectivity index (χ1) is 18.2. The summed E-state index contributed by atoms with van der Waals surface area (Å²) in [5, 5.41) is 12.8. The van der Waals surface area contributed by atoms with E-state index in [1.54, 1.807) is 6.26 Å². The molecule has 0 aromatic carbocycles. The summed E-state index contributed by atoms with van der Waals surface area (Å²) < 4.78 is 5.64. The molecule has 5 aliphatic rings. The minimum Gasteiger partial charge on any atom is -0.550 e. The van der Waals surface area contributed by atoms with Gasteiger partial charge in [-0.05, 0) is 134 Å². The number of Topliss-reactive ketones (excluding diaryl/α,β-unsaturated/α-hetero) is 1. The number of aliphatic carboxylic acids is 1. The van der Waals surface area contributed by atoms with Crippen molar-refractivity contribution in [3.05, 3.63) is 41.9 Å². The molecular formula is C35H47O4-. The molecule has 0 radical (unpaired) electrons. The number of furan rings is 1. The largest absolute Gasteiger partial charge is 0.550 e. The van der Waals surface area contributed by atoms with E-state index in [0.717, 1.165) is 74.7 Å². The van der Waals surface area contributed by atoms with Crippen molar-refractivity contribution in [1.29, 1.82) is 0 Å². The van der Waals surface area contributed by atoms with Gasteiger partial charge in [0.15, 0.2) is 5.78 Å². The van der Waals surface area contributed by atoms with Gasteiger partial charge in [0, 0.05) is 16.8 Å². The topological polar surface area (TPSA) is 70.3 Å². The normalized spacial score (nSPS) is 47.6. The van der Waals surface area contributed by atoms with E-state index in [0.29, 0.717) is 17.8 Å². The van der Waals surface area contributed by atoms with Gasteiger partial charge in [0.05, 0.1) is 6.26 Å². The molecule has 5 fully saturated rings. The zero-order chi connectivity index (χ0) is 28.2. The molecule has 212 valence electrons. The van der Waals surface area contributed by atoms with E-state index in [1.807, 2.05) is 18.2 Å². The summed E-state index contributed by atoms with van der Waals surface area (Å²) >= 11 is 0. The van der Waals surface area contributed by atoms with Crippen LogP contribution in [0.15, 0.2) is 40.5 Å². The number of carboxylic acid groups (broad SMARTS) is 1. The number of ketones is 1. The van der Waals surface area contributed by atoms with Gasteiger partial charge in [-0.25, -0.2) is 0 Å². The molecule has 0 bridgehead atoms. The highest BCUT2D eigenvalue weighted by molar-refractivity contribution is 6.04. The molecule has 6 rings (SSSR count). The number of carboxylic acids is 1. The van der Waals surface area contributed by atoms with Crippen molar-refractivity contribution >= 4 is 17.8 Å². The van der Waals surface area contributed by atoms with Crippen LogP contribution in [0.1, 0.15) is 105 Å². The second kappa shape index (κ2) is 8.46. The zero-order valence-electron chi connectivity index (χ0n) is 24.9. The van der Waals surface area contributed by atoms with Gasteiger partial charge in [0.25, 0.3) is 0 Å². The third-order valence-electron chi connectivity index (χ3n) is 13.9. The van der Waals surface area contributed by atoms with Crippen LogP contribution in [0.5, 0.6) is 0 Å². The van der Waals surface area contributed by atoms with Crippen LogP contribution in [-0.4, -0.2) is 11.8 Å². The van der Waals surface area contributed by atoms with E-state index in [9.17, 15) is 14.7 Å². The number of carbonyl (C=O) groups is 2. The highest BCUT2D eigenvalue weighted by atomic mass is 16.4. The van der Waals surface area contributed by atoms with E-state index in [-0.39, 0.29) is 33.9 Å². The Morgan fingerprint density at radius 2 is 1.74 bits per heavy atom. The summed E-state index contributed by atoms with van der Waals surface area (Å²) in [7, 11) is 0. The number of allylic oxidation sites excluding steroid dienone is 2. The van der Waals surface area contributed by atoms with E-state index >= 15 is 0 Å². The molecule has 0 saturated heterocycles. The summed E-state index contributed by atoms with van der Waals surface area (Å²) in [6, 6.07) is 3.82. The Bertz CT molecular complexity index is 1240. The molecule has 9 atom stereocenters. The Hall–Kier alpha value is -2.10. The minimum absolute atomic E-state index is 0.00311. The first-order valence-corrected chi connectivity index (χ1v) is 15.4. The molecule has 9 unspecified atom stereocenters. The van der Waals surface area contributed by atoms with Crippen LogP contribution < -0.4 is 5.11 Å². The predicted molar refractivity (Wildman–Crippen MR) is 151 cm³/mol. The quantitative estimate of drug-likeness (QED) is 0.304. The molecule has 0 spiro atoms. The Morgan fingerprint density at radius 1 is 1.00 bits per heavy atom. The summed E-state index contributed by atoms with van der Waals surface area (Å²) in [4.78, 5) is 26.6. The van der Waals surface area contributed by atoms with Gasteiger partial charge in [0.1, 0.15) is 5.76 Å². The molecular weight excluding hydrogens is 484 g/mol. The van der Waals surface area contributed by atoms with Crippen LogP contribution in [0, 0.1) is 56.7 Å². The Morgan fingerprint density at radius 3 is 2.38 bits per heavy atom. The molecule has 5 aliphatic carbocycles. The van der Waals surface area contributed by atoms with Crippen LogP contribution in [-0.2, 0) is 9.59 Å². The number of carbonyl (C=O) groups excluding carboxylic acids is 2. The second-order valence-electron chi connectivity index (χ2n) is 15.5. The highest BCUT2D eigenvalue weighted by Gasteiger charge is 2.71. The Kier molecular flexibility index (Phi) is 5.88. The molecule has 1 aromatic rings.